The summed E-state index contributed by atoms with van der Waals surface area (Å²) in [5.74, 6) is -0.306. The molecule has 0 aliphatic heterocycles. The molecule has 0 aliphatic carbocycles. The SMILES string of the molecule is NCC(=O)CCCC(=O)OCc1ccccc1. The van der Waals surface area contributed by atoms with E-state index in [9.17, 15) is 9.59 Å². The van der Waals surface area contributed by atoms with Crippen molar-refractivity contribution in [1.29, 1.82) is 0 Å². The molecular formula is C13H17NO3. The molecule has 0 fully saturated rings. The maximum absolute atomic E-state index is 11.3. The van der Waals surface area contributed by atoms with E-state index >= 15 is 0 Å². The molecule has 1 aromatic rings. The molecule has 0 atom stereocenters. The highest BCUT2D eigenvalue weighted by molar-refractivity contribution is 5.80. The van der Waals surface area contributed by atoms with Crippen molar-refractivity contribution < 1.29 is 14.3 Å². The summed E-state index contributed by atoms with van der Waals surface area (Å²) in [5.41, 5.74) is 6.12. The van der Waals surface area contributed by atoms with Gasteiger partial charge in [0.1, 0.15) is 12.4 Å². The first-order valence-electron chi connectivity index (χ1n) is 5.63. The Morgan fingerprint density at radius 1 is 1.12 bits per heavy atom. The van der Waals surface area contributed by atoms with Crippen LogP contribution >= 0.6 is 0 Å². The Morgan fingerprint density at radius 2 is 1.82 bits per heavy atom. The van der Waals surface area contributed by atoms with E-state index in [1.54, 1.807) is 0 Å². The van der Waals surface area contributed by atoms with Gasteiger partial charge in [-0.3, -0.25) is 9.59 Å². The Balaban J connectivity index is 2.16. The number of carbonyl (C=O) groups is 2. The van der Waals surface area contributed by atoms with Gasteiger partial charge in [-0.2, -0.15) is 0 Å². The molecule has 4 nitrogen and oxygen atoms in total. The minimum Gasteiger partial charge on any atom is -0.461 e. The molecule has 0 unspecified atom stereocenters. The van der Waals surface area contributed by atoms with Gasteiger partial charge in [0.05, 0.1) is 6.54 Å². The van der Waals surface area contributed by atoms with E-state index in [-0.39, 0.29) is 31.3 Å². The van der Waals surface area contributed by atoms with Crippen LogP contribution in [0, 0.1) is 0 Å². The molecule has 0 bridgehead atoms. The van der Waals surface area contributed by atoms with Gasteiger partial charge in [-0.05, 0) is 12.0 Å². The Morgan fingerprint density at radius 3 is 2.47 bits per heavy atom. The fraction of sp³-hybridized carbons (Fsp3) is 0.385. The molecule has 0 aliphatic rings. The number of hydrogen-bond acceptors (Lipinski definition) is 4. The summed E-state index contributed by atoms with van der Waals surface area (Å²) >= 11 is 0. The number of carbonyl (C=O) groups excluding carboxylic acids is 2. The molecule has 0 saturated carbocycles. The van der Waals surface area contributed by atoms with Crippen LogP contribution in [0.15, 0.2) is 30.3 Å². The number of nitrogens with two attached hydrogens (primary N) is 1. The van der Waals surface area contributed by atoms with Gasteiger partial charge < -0.3 is 10.5 Å². The predicted octanol–water partition coefficient (Wildman–Crippen LogP) is 1.43. The Kier molecular flexibility index (Phi) is 5.96. The van der Waals surface area contributed by atoms with Crippen molar-refractivity contribution in [2.24, 2.45) is 5.73 Å². The molecule has 17 heavy (non-hydrogen) atoms. The van der Waals surface area contributed by atoms with Crippen LogP contribution in [0.4, 0.5) is 0 Å². The average Bonchev–Trinajstić information content (AvgIpc) is 2.37. The Labute approximate surface area is 101 Å². The van der Waals surface area contributed by atoms with E-state index in [1.807, 2.05) is 30.3 Å². The topological polar surface area (TPSA) is 69.4 Å². The summed E-state index contributed by atoms with van der Waals surface area (Å²) in [5, 5.41) is 0. The summed E-state index contributed by atoms with van der Waals surface area (Å²) in [6.45, 7) is 0.323. The third-order valence-corrected chi connectivity index (χ3v) is 2.31. The van der Waals surface area contributed by atoms with Crippen LogP contribution in [0.3, 0.4) is 0 Å². The lowest BCUT2D eigenvalue weighted by Gasteiger charge is -2.04. The number of Topliss-reactive ketones (excluding diaryl/α,β-unsaturated/α-hetero) is 1. The van der Waals surface area contributed by atoms with Crippen molar-refractivity contribution >= 4 is 11.8 Å². The summed E-state index contributed by atoms with van der Waals surface area (Å²) in [7, 11) is 0. The predicted molar refractivity (Wildman–Crippen MR) is 64.2 cm³/mol. The van der Waals surface area contributed by atoms with Crippen molar-refractivity contribution in [3.63, 3.8) is 0 Å². The van der Waals surface area contributed by atoms with E-state index in [4.69, 9.17) is 10.5 Å². The van der Waals surface area contributed by atoms with E-state index in [0.717, 1.165) is 5.56 Å². The Hall–Kier alpha value is -1.68. The van der Waals surface area contributed by atoms with Crippen LogP contribution in [0.2, 0.25) is 0 Å². The number of benzene rings is 1. The number of ketones is 1. The van der Waals surface area contributed by atoms with Crippen LogP contribution < -0.4 is 5.73 Å². The molecular weight excluding hydrogens is 218 g/mol. The number of rotatable bonds is 7. The summed E-state index contributed by atoms with van der Waals surface area (Å²) < 4.78 is 5.06. The van der Waals surface area contributed by atoms with Crippen LogP contribution in [0.1, 0.15) is 24.8 Å². The molecule has 0 saturated heterocycles. The Bertz CT molecular complexity index is 362. The lowest BCUT2D eigenvalue weighted by atomic mass is 10.2. The highest BCUT2D eigenvalue weighted by atomic mass is 16.5. The van der Waals surface area contributed by atoms with Crippen molar-refractivity contribution in [3.8, 4) is 0 Å². The molecule has 0 amide bonds. The van der Waals surface area contributed by atoms with E-state index in [2.05, 4.69) is 0 Å². The fourth-order valence-electron chi connectivity index (χ4n) is 1.34. The summed E-state index contributed by atoms with van der Waals surface area (Å²) in [6, 6.07) is 9.48. The molecule has 2 N–H and O–H groups in total. The maximum Gasteiger partial charge on any atom is 0.306 e. The second-order valence-corrected chi connectivity index (χ2v) is 3.74. The zero-order valence-electron chi connectivity index (χ0n) is 9.72. The molecule has 4 heteroatoms. The first-order valence-corrected chi connectivity index (χ1v) is 5.63. The molecule has 0 radical (unpaired) electrons. The summed E-state index contributed by atoms with van der Waals surface area (Å²) in [4.78, 5) is 22.2. The third-order valence-electron chi connectivity index (χ3n) is 2.31. The van der Waals surface area contributed by atoms with Crippen molar-refractivity contribution in [2.75, 3.05) is 6.54 Å². The van der Waals surface area contributed by atoms with Crippen molar-refractivity contribution in [2.45, 2.75) is 25.9 Å². The van der Waals surface area contributed by atoms with E-state index in [0.29, 0.717) is 12.8 Å². The molecule has 0 spiro atoms. The minimum atomic E-state index is -0.279. The average molecular weight is 235 g/mol. The van der Waals surface area contributed by atoms with Crippen LogP contribution in [0.5, 0.6) is 0 Å². The third kappa shape index (κ3) is 5.82. The molecule has 1 rings (SSSR count). The molecule has 92 valence electrons. The monoisotopic (exact) mass is 235 g/mol. The lowest BCUT2D eigenvalue weighted by molar-refractivity contribution is -0.145. The second kappa shape index (κ2) is 7.57. The highest BCUT2D eigenvalue weighted by Crippen LogP contribution is 2.03. The minimum absolute atomic E-state index is 0.0270. The first kappa shape index (κ1) is 13.4. The molecule has 0 heterocycles. The van der Waals surface area contributed by atoms with Crippen molar-refractivity contribution in [3.05, 3.63) is 35.9 Å². The summed E-state index contributed by atoms with van der Waals surface area (Å²) in [6.07, 6.45) is 1.11. The maximum atomic E-state index is 11.3. The van der Waals surface area contributed by atoms with E-state index in [1.165, 1.54) is 0 Å². The second-order valence-electron chi connectivity index (χ2n) is 3.74. The standard InChI is InChI=1S/C13H17NO3/c14-9-12(15)7-4-8-13(16)17-10-11-5-2-1-3-6-11/h1-3,5-6H,4,7-10,14H2. The van der Waals surface area contributed by atoms with Gasteiger partial charge in [0, 0.05) is 12.8 Å². The molecule has 0 aromatic heterocycles. The van der Waals surface area contributed by atoms with Gasteiger partial charge in [0.15, 0.2) is 0 Å². The highest BCUT2D eigenvalue weighted by Gasteiger charge is 2.05. The van der Waals surface area contributed by atoms with Gasteiger partial charge in [-0.25, -0.2) is 0 Å². The van der Waals surface area contributed by atoms with Gasteiger partial charge >= 0.3 is 5.97 Å². The van der Waals surface area contributed by atoms with Gasteiger partial charge in [-0.15, -0.1) is 0 Å². The van der Waals surface area contributed by atoms with Crippen LogP contribution in [-0.4, -0.2) is 18.3 Å². The zero-order valence-corrected chi connectivity index (χ0v) is 9.72. The lowest BCUT2D eigenvalue weighted by Crippen LogP contribution is -2.13. The number of ether oxygens (including phenoxy) is 1. The van der Waals surface area contributed by atoms with Gasteiger partial charge in [0.25, 0.3) is 0 Å². The zero-order chi connectivity index (χ0) is 12.5. The number of hydrogen-bond donors (Lipinski definition) is 1. The molecule has 1 aromatic carbocycles. The van der Waals surface area contributed by atoms with Gasteiger partial charge in [-0.1, -0.05) is 30.3 Å². The smallest absolute Gasteiger partial charge is 0.306 e. The van der Waals surface area contributed by atoms with Gasteiger partial charge in [0.2, 0.25) is 0 Å². The van der Waals surface area contributed by atoms with Crippen LogP contribution in [0.25, 0.3) is 0 Å². The quantitative estimate of drug-likeness (QED) is 0.726. The van der Waals surface area contributed by atoms with E-state index < -0.39 is 0 Å². The fourth-order valence-corrected chi connectivity index (χ4v) is 1.34. The first-order chi connectivity index (χ1) is 8.22. The largest absolute Gasteiger partial charge is 0.461 e. The number of esters is 1. The van der Waals surface area contributed by atoms with Crippen molar-refractivity contribution in [1.82, 2.24) is 0 Å². The van der Waals surface area contributed by atoms with Crippen LogP contribution in [-0.2, 0) is 20.9 Å². The normalized spacial score (nSPS) is 9.94.